The molecular formula is C14H22N4. The average Bonchev–Trinajstić information content (AvgIpc) is 2.37. The minimum atomic E-state index is 0.716. The second kappa shape index (κ2) is 5.65. The lowest BCUT2D eigenvalue weighted by Crippen LogP contribution is -2.33. The summed E-state index contributed by atoms with van der Waals surface area (Å²) in [6.45, 7) is 3.27. The molecule has 4 nitrogen and oxygen atoms in total. The second-order valence-corrected chi connectivity index (χ2v) is 5.56. The summed E-state index contributed by atoms with van der Waals surface area (Å²) in [6.07, 6.45) is 10.6. The fourth-order valence-corrected chi connectivity index (χ4v) is 2.72. The Morgan fingerprint density at radius 3 is 2.61 bits per heavy atom. The van der Waals surface area contributed by atoms with Crippen LogP contribution in [0.5, 0.6) is 0 Å². The van der Waals surface area contributed by atoms with Crippen molar-refractivity contribution in [3.05, 3.63) is 18.0 Å². The Kier molecular flexibility index (Phi) is 3.74. The summed E-state index contributed by atoms with van der Waals surface area (Å²) in [4.78, 5) is 8.85. The third-order valence-corrected chi connectivity index (χ3v) is 4.20. The molecule has 2 fully saturated rings. The lowest BCUT2D eigenvalue weighted by Gasteiger charge is -2.25. The summed E-state index contributed by atoms with van der Waals surface area (Å²) in [5, 5.41) is 6.78. The molecule has 2 aliphatic rings. The Labute approximate surface area is 109 Å². The van der Waals surface area contributed by atoms with Crippen molar-refractivity contribution < 1.29 is 0 Å². The topological polar surface area (TPSA) is 49.8 Å². The highest BCUT2D eigenvalue weighted by atomic mass is 15.1. The summed E-state index contributed by atoms with van der Waals surface area (Å²) in [6, 6.07) is 0. The normalized spacial score (nSPS) is 24.6. The number of hydrogen-bond donors (Lipinski definition) is 2. The Morgan fingerprint density at radius 1 is 1.17 bits per heavy atom. The van der Waals surface area contributed by atoms with Gasteiger partial charge in [0.05, 0.1) is 0 Å². The van der Waals surface area contributed by atoms with E-state index in [2.05, 4.69) is 20.6 Å². The first kappa shape index (κ1) is 11.9. The van der Waals surface area contributed by atoms with Gasteiger partial charge in [0.25, 0.3) is 0 Å². The number of aromatic nitrogens is 2. The average molecular weight is 246 g/mol. The number of nitrogens with zero attached hydrogens (tertiary/aromatic N) is 2. The van der Waals surface area contributed by atoms with E-state index in [1.54, 1.807) is 0 Å². The molecule has 0 radical (unpaired) electrons. The van der Waals surface area contributed by atoms with E-state index < -0.39 is 0 Å². The molecule has 0 amide bonds. The molecule has 1 saturated carbocycles. The number of nitrogens with one attached hydrogen (secondary N) is 2. The van der Waals surface area contributed by atoms with Gasteiger partial charge in [-0.05, 0) is 56.2 Å². The second-order valence-electron chi connectivity index (χ2n) is 5.56. The van der Waals surface area contributed by atoms with Gasteiger partial charge in [-0.3, -0.25) is 0 Å². The van der Waals surface area contributed by atoms with Crippen molar-refractivity contribution in [2.45, 2.75) is 38.0 Å². The molecule has 2 N–H and O–H groups in total. The molecule has 1 atom stereocenters. The van der Waals surface area contributed by atoms with Gasteiger partial charge in [-0.2, -0.15) is 0 Å². The van der Waals surface area contributed by atoms with E-state index in [-0.39, 0.29) is 0 Å². The van der Waals surface area contributed by atoms with Crippen molar-refractivity contribution in [1.82, 2.24) is 15.3 Å². The van der Waals surface area contributed by atoms with Crippen molar-refractivity contribution >= 4 is 5.95 Å². The maximum Gasteiger partial charge on any atom is 0.222 e. The minimum Gasteiger partial charge on any atom is -0.354 e. The fraction of sp³-hybridized carbons (Fsp3) is 0.714. The van der Waals surface area contributed by atoms with Crippen molar-refractivity contribution in [3.63, 3.8) is 0 Å². The quantitative estimate of drug-likeness (QED) is 0.854. The Morgan fingerprint density at radius 2 is 2.00 bits per heavy atom. The molecule has 1 aromatic heterocycles. The number of piperidine rings is 1. The molecule has 1 aromatic rings. The van der Waals surface area contributed by atoms with Gasteiger partial charge in [0.1, 0.15) is 0 Å². The molecule has 1 aliphatic carbocycles. The molecule has 2 heterocycles. The molecule has 1 saturated heterocycles. The number of hydrogen-bond acceptors (Lipinski definition) is 4. The van der Waals surface area contributed by atoms with E-state index in [0.717, 1.165) is 25.0 Å². The smallest absolute Gasteiger partial charge is 0.222 e. The van der Waals surface area contributed by atoms with Crippen molar-refractivity contribution in [2.75, 3.05) is 25.0 Å². The first-order chi connectivity index (χ1) is 8.92. The Hall–Kier alpha value is -1.16. The molecular weight excluding hydrogens is 224 g/mol. The van der Waals surface area contributed by atoms with E-state index in [4.69, 9.17) is 0 Å². The van der Waals surface area contributed by atoms with Crippen LogP contribution in [0.2, 0.25) is 0 Å². The van der Waals surface area contributed by atoms with Crippen LogP contribution in [0, 0.1) is 5.92 Å². The highest BCUT2D eigenvalue weighted by Gasteiger charge is 2.20. The van der Waals surface area contributed by atoms with E-state index in [9.17, 15) is 0 Å². The number of rotatable bonds is 4. The zero-order valence-electron chi connectivity index (χ0n) is 10.9. The predicted octanol–water partition coefficient (Wildman–Crippen LogP) is 2.16. The van der Waals surface area contributed by atoms with Crippen LogP contribution in [0.4, 0.5) is 5.95 Å². The van der Waals surface area contributed by atoms with Gasteiger partial charge in [0.2, 0.25) is 5.95 Å². The van der Waals surface area contributed by atoms with E-state index in [1.165, 1.54) is 44.2 Å². The minimum absolute atomic E-state index is 0.716. The van der Waals surface area contributed by atoms with Crippen LogP contribution in [0.1, 0.15) is 43.6 Å². The maximum atomic E-state index is 4.42. The molecule has 4 heteroatoms. The standard InChI is InChI=1S/C14H22N4/c1-4-12(5-1)13-9-17-14(18-10-13)16-8-11-3-2-6-15-7-11/h9-12,15H,1-8H2,(H,16,17,18). The van der Waals surface area contributed by atoms with Crippen molar-refractivity contribution in [3.8, 4) is 0 Å². The molecule has 0 aromatic carbocycles. The van der Waals surface area contributed by atoms with Crippen molar-refractivity contribution in [1.29, 1.82) is 0 Å². The highest BCUT2D eigenvalue weighted by Crippen LogP contribution is 2.35. The maximum absolute atomic E-state index is 4.42. The van der Waals surface area contributed by atoms with Gasteiger partial charge in [-0.15, -0.1) is 0 Å². The first-order valence-corrected chi connectivity index (χ1v) is 7.18. The van der Waals surface area contributed by atoms with Gasteiger partial charge in [-0.1, -0.05) is 6.42 Å². The van der Waals surface area contributed by atoms with E-state index in [1.807, 2.05) is 12.4 Å². The highest BCUT2D eigenvalue weighted by molar-refractivity contribution is 5.26. The molecule has 0 bridgehead atoms. The summed E-state index contributed by atoms with van der Waals surface area (Å²) in [5.41, 5.74) is 1.31. The van der Waals surface area contributed by atoms with Crippen LogP contribution < -0.4 is 10.6 Å². The molecule has 0 spiro atoms. The summed E-state index contributed by atoms with van der Waals surface area (Å²) in [7, 11) is 0. The third kappa shape index (κ3) is 2.80. The molecule has 1 aliphatic heterocycles. The summed E-state index contributed by atoms with van der Waals surface area (Å²) in [5.74, 6) is 2.22. The Balaban J connectivity index is 1.49. The summed E-state index contributed by atoms with van der Waals surface area (Å²) >= 11 is 0. The first-order valence-electron chi connectivity index (χ1n) is 7.18. The van der Waals surface area contributed by atoms with Gasteiger partial charge in [-0.25, -0.2) is 9.97 Å². The van der Waals surface area contributed by atoms with Crippen LogP contribution in [0.15, 0.2) is 12.4 Å². The van der Waals surface area contributed by atoms with Crippen LogP contribution in [0.3, 0.4) is 0 Å². The lowest BCUT2D eigenvalue weighted by molar-refractivity contribution is 0.392. The lowest BCUT2D eigenvalue weighted by atomic mass is 9.81. The molecule has 1 unspecified atom stereocenters. The zero-order valence-corrected chi connectivity index (χ0v) is 10.9. The van der Waals surface area contributed by atoms with Crippen molar-refractivity contribution in [2.24, 2.45) is 5.92 Å². The molecule has 3 rings (SSSR count). The molecule has 18 heavy (non-hydrogen) atoms. The van der Waals surface area contributed by atoms with Gasteiger partial charge >= 0.3 is 0 Å². The Bertz CT molecular complexity index is 366. The summed E-state index contributed by atoms with van der Waals surface area (Å²) < 4.78 is 0. The van der Waals surface area contributed by atoms with Crippen LogP contribution in [0.25, 0.3) is 0 Å². The van der Waals surface area contributed by atoms with Gasteiger partial charge in [0.15, 0.2) is 0 Å². The molecule has 98 valence electrons. The largest absolute Gasteiger partial charge is 0.354 e. The fourth-order valence-electron chi connectivity index (χ4n) is 2.72. The van der Waals surface area contributed by atoms with E-state index >= 15 is 0 Å². The van der Waals surface area contributed by atoms with Gasteiger partial charge < -0.3 is 10.6 Å². The zero-order chi connectivity index (χ0) is 12.2. The monoisotopic (exact) mass is 246 g/mol. The van der Waals surface area contributed by atoms with Crippen LogP contribution >= 0.6 is 0 Å². The predicted molar refractivity (Wildman–Crippen MR) is 72.7 cm³/mol. The van der Waals surface area contributed by atoms with Crippen LogP contribution in [-0.2, 0) is 0 Å². The van der Waals surface area contributed by atoms with E-state index in [0.29, 0.717) is 5.92 Å². The number of anilines is 1. The SMILES string of the molecule is c1nc(NCC2CCCNC2)ncc1C1CCC1. The van der Waals surface area contributed by atoms with Crippen LogP contribution in [-0.4, -0.2) is 29.6 Å². The van der Waals surface area contributed by atoms with Gasteiger partial charge in [0, 0.05) is 18.9 Å². The third-order valence-electron chi connectivity index (χ3n) is 4.20.